The summed E-state index contributed by atoms with van der Waals surface area (Å²) in [7, 11) is 0. The van der Waals surface area contributed by atoms with Crippen LogP contribution in [0.15, 0.2) is 36.7 Å². The van der Waals surface area contributed by atoms with Crippen LogP contribution in [-0.4, -0.2) is 9.97 Å². The molecule has 0 saturated heterocycles. The van der Waals surface area contributed by atoms with Crippen LogP contribution in [0.1, 0.15) is 11.4 Å². The van der Waals surface area contributed by atoms with Gasteiger partial charge < -0.3 is 4.74 Å². The molecular weight excluding hydrogens is 207 g/mol. The molecule has 0 N–H and O–H groups in total. The van der Waals surface area contributed by atoms with Crippen LogP contribution in [0, 0.1) is 12.7 Å². The number of benzene rings is 1. The Labute approximate surface area is 92.9 Å². The first-order valence-corrected chi connectivity index (χ1v) is 4.90. The van der Waals surface area contributed by atoms with Crippen LogP contribution in [0.3, 0.4) is 0 Å². The van der Waals surface area contributed by atoms with Crippen molar-refractivity contribution in [3.63, 3.8) is 0 Å². The minimum Gasteiger partial charge on any atom is -0.483 e. The monoisotopic (exact) mass is 218 g/mol. The minimum absolute atomic E-state index is 0.168. The largest absolute Gasteiger partial charge is 0.483 e. The van der Waals surface area contributed by atoms with E-state index in [0.717, 1.165) is 5.56 Å². The number of hydrogen-bond acceptors (Lipinski definition) is 3. The van der Waals surface area contributed by atoms with Crippen molar-refractivity contribution in [3.8, 4) is 5.75 Å². The average molecular weight is 218 g/mol. The van der Waals surface area contributed by atoms with E-state index in [1.54, 1.807) is 30.6 Å². The highest BCUT2D eigenvalue weighted by molar-refractivity contribution is 5.29. The molecule has 0 amide bonds. The zero-order valence-electron chi connectivity index (χ0n) is 8.85. The lowest BCUT2D eigenvalue weighted by atomic mass is 10.2. The van der Waals surface area contributed by atoms with Gasteiger partial charge in [-0.3, -0.25) is 0 Å². The van der Waals surface area contributed by atoms with E-state index >= 15 is 0 Å². The molecule has 0 unspecified atom stereocenters. The molecule has 16 heavy (non-hydrogen) atoms. The Morgan fingerprint density at radius 1 is 1.25 bits per heavy atom. The van der Waals surface area contributed by atoms with Gasteiger partial charge in [0.05, 0.1) is 0 Å². The number of rotatable bonds is 3. The molecule has 0 aliphatic carbocycles. The van der Waals surface area contributed by atoms with Gasteiger partial charge >= 0.3 is 0 Å². The summed E-state index contributed by atoms with van der Waals surface area (Å²) in [5, 5.41) is 0. The second-order valence-electron chi connectivity index (χ2n) is 3.39. The van der Waals surface area contributed by atoms with E-state index in [1.807, 2.05) is 6.92 Å². The van der Waals surface area contributed by atoms with Crippen molar-refractivity contribution in [3.05, 3.63) is 53.9 Å². The van der Waals surface area contributed by atoms with E-state index in [9.17, 15) is 4.39 Å². The van der Waals surface area contributed by atoms with Crippen molar-refractivity contribution < 1.29 is 9.13 Å². The predicted octanol–water partition coefficient (Wildman–Crippen LogP) is 2.50. The van der Waals surface area contributed by atoms with Crippen LogP contribution in [0.5, 0.6) is 5.75 Å². The number of aryl methyl sites for hydroxylation is 1. The molecule has 0 fully saturated rings. The van der Waals surface area contributed by atoms with Gasteiger partial charge in [-0.25, -0.2) is 14.4 Å². The fraction of sp³-hybridized carbons (Fsp3) is 0.167. The molecule has 1 aromatic carbocycles. The molecule has 0 spiro atoms. The topological polar surface area (TPSA) is 35.0 Å². The Morgan fingerprint density at radius 2 is 2.00 bits per heavy atom. The Kier molecular flexibility index (Phi) is 3.10. The SMILES string of the molecule is Cc1ccc(F)c(OCc2ncccn2)c1. The van der Waals surface area contributed by atoms with Gasteiger partial charge in [0.15, 0.2) is 17.4 Å². The molecule has 0 aliphatic rings. The zero-order chi connectivity index (χ0) is 11.4. The van der Waals surface area contributed by atoms with Gasteiger partial charge in [0.2, 0.25) is 0 Å². The standard InChI is InChI=1S/C12H11FN2O/c1-9-3-4-10(13)11(7-9)16-8-12-14-5-2-6-15-12/h2-7H,8H2,1H3. The Morgan fingerprint density at radius 3 is 2.75 bits per heavy atom. The molecule has 1 heterocycles. The maximum atomic E-state index is 13.3. The van der Waals surface area contributed by atoms with Crippen molar-refractivity contribution in [2.24, 2.45) is 0 Å². The predicted molar refractivity (Wildman–Crippen MR) is 57.5 cm³/mol. The third kappa shape index (κ3) is 2.53. The first kappa shape index (κ1) is 10.5. The van der Waals surface area contributed by atoms with Crippen LogP contribution in [-0.2, 0) is 6.61 Å². The molecule has 0 radical (unpaired) electrons. The number of aromatic nitrogens is 2. The van der Waals surface area contributed by atoms with Crippen molar-refractivity contribution in [1.82, 2.24) is 9.97 Å². The van der Waals surface area contributed by atoms with E-state index in [1.165, 1.54) is 6.07 Å². The molecule has 1 aromatic heterocycles. The molecule has 0 bridgehead atoms. The Bertz CT molecular complexity index is 474. The molecule has 3 nitrogen and oxygen atoms in total. The summed E-state index contributed by atoms with van der Waals surface area (Å²) in [6.45, 7) is 2.05. The highest BCUT2D eigenvalue weighted by Crippen LogP contribution is 2.18. The summed E-state index contributed by atoms with van der Waals surface area (Å²) in [6, 6.07) is 6.45. The van der Waals surface area contributed by atoms with E-state index in [4.69, 9.17) is 4.74 Å². The quantitative estimate of drug-likeness (QED) is 0.793. The summed E-state index contributed by atoms with van der Waals surface area (Å²) in [6.07, 6.45) is 3.25. The van der Waals surface area contributed by atoms with E-state index in [0.29, 0.717) is 5.82 Å². The lowest BCUT2D eigenvalue weighted by Gasteiger charge is -2.06. The lowest BCUT2D eigenvalue weighted by molar-refractivity contribution is 0.281. The van der Waals surface area contributed by atoms with Crippen LogP contribution in [0.4, 0.5) is 4.39 Å². The number of nitrogens with zero attached hydrogens (tertiary/aromatic N) is 2. The van der Waals surface area contributed by atoms with Crippen molar-refractivity contribution in [1.29, 1.82) is 0 Å². The highest BCUT2D eigenvalue weighted by Gasteiger charge is 2.04. The Balaban J connectivity index is 2.08. The van der Waals surface area contributed by atoms with E-state index in [2.05, 4.69) is 9.97 Å². The van der Waals surface area contributed by atoms with Crippen molar-refractivity contribution in [2.75, 3.05) is 0 Å². The number of halogens is 1. The van der Waals surface area contributed by atoms with Gasteiger partial charge in [0.25, 0.3) is 0 Å². The third-order valence-corrected chi connectivity index (χ3v) is 2.06. The second kappa shape index (κ2) is 4.70. The van der Waals surface area contributed by atoms with Gasteiger partial charge in [0, 0.05) is 12.4 Å². The number of ether oxygens (including phenoxy) is 1. The fourth-order valence-electron chi connectivity index (χ4n) is 1.27. The molecule has 0 saturated carbocycles. The van der Waals surface area contributed by atoms with Gasteiger partial charge in [-0.05, 0) is 30.7 Å². The third-order valence-electron chi connectivity index (χ3n) is 2.06. The zero-order valence-corrected chi connectivity index (χ0v) is 8.85. The van der Waals surface area contributed by atoms with Crippen molar-refractivity contribution >= 4 is 0 Å². The van der Waals surface area contributed by atoms with Gasteiger partial charge in [-0.2, -0.15) is 0 Å². The van der Waals surface area contributed by atoms with Crippen LogP contribution < -0.4 is 4.74 Å². The average Bonchev–Trinajstić information content (AvgIpc) is 2.32. The Hall–Kier alpha value is -1.97. The first-order valence-electron chi connectivity index (χ1n) is 4.90. The van der Waals surface area contributed by atoms with E-state index < -0.39 is 0 Å². The smallest absolute Gasteiger partial charge is 0.166 e. The fourth-order valence-corrected chi connectivity index (χ4v) is 1.27. The number of hydrogen-bond donors (Lipinski definition) is 0. The summed E-state index contributed by atoms with van der Waals surface area (Å²) in [5.41, 5.74) is 0.949. The van der Waals surface area contributed by atoms with Gasteiger partial charge in [0.1, 0.15) is 6.61 Å². The maximum absolute atomic E-state index is 13.3. The molecule has 0 atom stereocenters. The lowest BCUT2D eigenvalue weighted by Crippen LogP contribution is -2.01. The van der Waals surface area contributed by atoms with Crippen LogP contribution in [0.25, 0.3) is 0 Å². The molecule has 82 valence electrons. The second-order valence-corrected chi connectivity index (χ2v) is 3.39. The first-order chi connectivity index (χ1) is 7.75. The van der Waals surface area contributed by atoms with Crippen LogP contribution in [0.2, 0.25) is 0 Å². The summed E-state index contributed by atoms with van der Waals surface area (Å²) in [4.78, 5) is 7.97. The highest BCUT2D eigenvalue weighted by atomic mass is 19.1. The molecule has 0 aliphatic heterocycles. The molecule has 2 rings (SSSR count). The molecule has 4 heteroatoms. The molecular formula is C12H11FN2O. The minimum atomic E-state index is -0.374. The van der Waals surface area contributed by atoms with E-state index in [-0.39, 0.29) is 18.2 Å². The summed E-state index contributed by atoms with van der Waals surface area (Å²) >= 11 is 0. The van der Waals surface area contributed by atoms with Gasteiger partial charge in [-0.1, -0.05) is 6.07 Å². The van der Waals surface area contributed by atoms with Gasteiger partial charge in [-0.15, -0.1) is 0 Å². The van der Waals surface area contributed by atoms with Crippen LogP contribution >= 0.6 is 0 Å². The molecule has 2 aromatic rings. The maximum Gasteiger partial charge on any atom is 0.166 e. The summed E-state index contributed by atoms with van der Waals surface area (Å²) in [5.74, 6) is 0.386. The summed E-state index contributed by atoms with van der Waals surface area (Å²) < 4.78 is 18.6. The van der Waals surface area contributed by atoms with Crippen molar-refractivity contribution in [2.45, 2.75) is 13.5 Å². The normalized spacial score (nSPS) is 10.1.